The Hall–Kier alpha value is -3.66. The Kier molecular flexibility index (Phi) is 4.19. The highest BCUT2D eigenvalue weighted by Crippen LogP contribution is 2.48. The van der Waals surface area contributed by atoms with Crippen molar-refractivity contribution in [1.29, 1.82) is 0 Å². The van der Waals surface area contributed by atoms with Gasteiger partial charge < -0.3 is 9.15 Å². The van der Waals surface area contributed by atoms with Gasteiger partial charge in [-0.3, -0.25) is 0 Å². The smallest absolute Gasteiger partial charge is 0.216 e. The summed E-state index contributed by atoms with van der Waals surface area (Å²) in [5.41, 5.74) is 6.70. The standard InChI is InChI=1S/C29H25FNO2/c1-17-11-12-18-19-13-14-21(30)25(20-8-7-10-23-26(20)29(2,3)16-32-23)28(19)33-27(18)24(17)22-9-5-6-15-31(22)4/h5-15H,16H2,1-4H3/q+1. The van der Waals surface area contributed by atoms with Crippen molar-refractivity contribution in [3.63, 3.8) is 0 Å². The van der Waals surface area contributed by atoms with Gasteiger partial charge in [0.15, 0.2) is 6.20 Å². The minimum Gasteiger partial charge on any atom is -0.492 e. The molecule has 164 valence electrons. The fourth-order valence-electron chi connectivity index (χ4n) is 5.22. The molecule has 0 spiro atoms. The summed E-state index contributed by atoms with van der Waals surface area (Å²) in [6.45, 7) is 6.93. The van der Waals surface area contributed by atoms with Gasteiger partial charge in [-0.25, -0.2) is 8.96 Å². The molecular weight excluding hydrogens is 413 g/mol. The van der Waals surface area contributed by atoms with E-state index < -0.39 is 0 Å². The number of pyridine rings is 1. The molecule has 4 heteroatoms. The fraction of sp³-hybridized carbons (Fsp3) is 0.207. The molecule has 3 heterocycles. The normalized spacial score (nSPS) is 14.6. The number of aryl methyl sites for hydroxylation is 2. The van der Waals surface area contributed by atoms with Crippen molar-refractivity contribution in [2.75, 3.05) is 6.61 Å². The summed E-state index contributed by atoms with van der Waals surface area (Å²) >= 11 is 0. The van der Waals surface area contributed by atoms with E-state index in [1.165, 1.54) is 0 Å². The van der Waals surface area contributed by atoms with Crippen LogP contribution in [0.3, 0.4) is 0 Å². The lowest BCUT2D eigenvalue weighted by Crippen LogP contribution is -2.30. The lowest BCUT2D eigenvalue weighted by atomic mass is 9.81. The molecule has 1 aliphatic rings. The van der Waals surface area contributed by atoms with Gasteiger partial charge in [0.25, 0.3) is 0 Å². The zero-order valence-electron chi connectivity index (χ0n) is 19.2. The van der Waals surface area contributed by atoms with Crippen LogP contribution in [-0.4, -0.2) is 6.61 Å². The van der Waals surface area contributed by atoms with Crippen molar-refractivity contribution in [2.24, 2.45) is 7.05 Å². The van der Waals surface area contributed by atoms with Crippen molar-refractivity contribution >= 4 is 21.9 Å². The lowest BCUT2D eigenvalue weighted by molar-refractivity contribution is -0.660. The molecule has 3 nitrogen and oxygen atoms in total. The van der Waals surface area contributed by atoms with Crippen LogP contribution in [0.5, 0.6) is 5.75 Å². The molecule has 0 saturated carbocycles. The Morgan fingerprint density at radius 3 is 2.42 bits per heavy atom. The maximum absolute atomic E-state index is 15.5. The Morgan fingerprint density at radius 2 is 1.64 bits per heavy atom. The minimum atomic E-state index is -0.291. The number of fused-ring (bicyclic) bond motifs is 4. The minimum absolute atomic E-state index is 0.216. The highest BCUT2D eigenvalue weighted by Gasteiger charge is 2.36. The van der Waals surface area contributed by atoms with Crippen LogP contribution in [0.4, 0.5) is 4.39 Å². The number of nitrogens with zero attached hydrogens (tertiary/aromatic N) is 1. The molecule has 0 fully saturated rings. The summed E-state index contributed by atoms with van der Waals surface area (Å²) in [4.78, 5) is 0. The zero-order valence-corrected chi connectivity index (χ0v) is 19.2. The molecule has 1 aliphatic heterocycles. The first kappa shape index (κ1) is 20.0. The lowest BCUT2D eigenvalue weighted by Gasteiger charge is -2.19. The molecule has 0 amide bonds. The number of furan rings is 1. The van der Waals surface area contributed by atoms with Crippen LogP contribution >= 0.6 is 0 Å². The third-order valence-electron chi connectivity index (χ3n) is 6.84. The summed E-state index contributed by atoms with van der Waals surface area (Å²) in [7, 11) is 2.02. The molecule has 6 rings (SSSR count). The maximum atomic E-state index is 15.5. The van der Waals surface area contributed by atoms with Crippen LogP contribution in [0, 0.1) is 12.7 Å². The number of benzene rings is 3. The monoisotopic (exact) mass is 438 g/mol. The molecule has 0 atom stereocenters. The van der Waals surface area contributed by atoms with E-state index in [0.29, 0.717) is 17.8 Å². The highest BCUT2D eigenvalue weighted by atomic mass is 19.1. The fourth-order valence-corrected chi connectivity index (χ4v) is 5.22. The number of ether oxygens (including phenoxy) is 1. The van der Waals surface area contributed by atoms with Gasteiger partial charge in [0.2, 0.25) is 5.69 Å². The average molecular weight is 439 g/mol. The largest absolute Gasteiger partial charge is 0.492 e. The van der Waals surface area contributed by atoms with E-state index in [1.54, 1.807) is 6.07 Å². The van der Waals surface area contributed by atoms with E-state index in [2.05, 4.69) is 43.5 Å². The van der Waals surface area contributed by atoms with Gasteiger partial charge in [-0.05, 0) is 42.3 Å². The molecule has 2 aromatic heterocycles. The molecule has 0 N–H and O–H groups in total. The van der Waals surface area contributed by atoms with Crippen LogP contribution in [-0.2, 0) is 12.5 Å². The van der Waals surface area contributed by atoms with E-state index in [4.69, 9.17) is 9.15 Å². The first-order valence-electron chi connectivity index (χ1n) is 11.2. The predicted molar refractivity (Wildman–Crippen MR) is 129 cm³/mol. The second kappa shape index (κ2) is 6.92. The van der Waals surface area contributed by atoms with Gasteiger partial charge in [-0.1, -0.05) is 38.1 Å². The van der Waals surface area contributed by atoms with Gasteiger partial charge in [-0.15, -0.1) is 0 Å². The Balaban J connectivity index is 1.73. The van der Waals surface area contributed by atoms with Crippen LogP contribution < -0.4 is 9.30 Å². The van der Waals surface area contributed by atoms with Gasteiger partial charge in [0.05, 0.1) is 17.7 Å². The SMILES string of the molecule is Cc1ccc2c(oc3c(-c4cccc5c4C(C)(C)CO5)c(F)ccc32)c1-c1cccc[n+]1C. The summed E-state index contributed by atoms with van der Waals surface area (Å²) < 4.78 is 30.1. The maximum Gasteiger partial charge on any atom is 0.216 e. The number of hydrogen-bond acceptors (Lipinski definition) is 2. The van der Waals surface area contributed by atoms with Crippen molar-refractivity contribution < 1.29 is 18.1 Å². The Labute approximate surface area is 192 Å². The molecule has 0 bridgehead atoms. The summed E-state index contributed by atoms with van der Waals surface area (Å²) in [5.74, 6) is 0.527. The molecular formula is C29H25FNO2+. The Bertz CT molecular complexity index is 1580. The molecule has 3 aromatic carbocycles. The van der Waals surface area contributed by atoms with Crippen LogP contribution in [0.2, 0.25) is 0 Å². The molecule has 5 aromatic rings. The first-order valence-corrected chi connectivity index (χ1v) is 11.2. The number of rotatable bonds is 2. The van der Waals surface area contributed by atoms with Crippen LogP contribution in [0.1, 0.15) is 25.0 Å². The van der Waals surface area contributed by atoms with Crippen LogP contribution in [0.15, 0.2) is 71.3 Å². The van der Waals surface area contributed by atoms with Gasteiger partial charge in [0.1, 0.15) is 29.8 Å². The topological polar surface area (TPSA) is 26.2 Å². The molecule has 0 saturated heterocycles. The third-order valence-corrected chi connectivity index (χ3v) is 6.84. The average Bonchev–Trinajstić information content (AvgIpc) is 3.31. The first-order chi connectivity index (χ1) is 15.9. The van der Waals surface area contributed by atoms with Crippen molar-refractivity contribution in [3.8, 4) is 28.1 Å². The number of halogens is 1. The van der Waals surface area contributed by atoms with E-state index in [9.17, 15) is 0 Å². The highest BCUT2D eigenvalue weighted by molar-refractivity contribution is 6.13. The summed E-state index contributed by atoms with van der Waals surface area (Å²) in [6.07, 6.45) is 2.02. The van der Waals surface area contributed by atoms with E-state index in [1.807, 2.05) is 49.6 Å². The summed E-state index contributed by atoms with van der Waals surface area (Å²) in [6, 6.07) is 19.5. The van der Waals surface area contributed by atoms with E-state index >= 15 is 4.39 Å². The van der Waals surface area contributed by atoms with Gasteiger partial charge in [0, 0.05) is 33.9 Å². The second-order valence-electron chi connectivity index (χ2n) is 9.58. The second-order valence-corrected chi connectivity index (χ2v) is 9.58. The predicted octanol–water partition coefficient (Wildman–Crippen LogP) is 6.86. The van der Waals surface area contributed by atoms with Crippen molar-refractivity contribution in [3.05, 3.63) is 83.8 Å². The molecule has 0 radical (unpaired) electrons. The quantitative estimate of drug-likeness (QED) is 0.281. The number of aromatic nitrogens is 1. The van der Waals surface area contributed by atoms with Crippen molar-refractivity contribution in [1.82, 2.24) is 0 Å². The molecule has 0 unspecified atom stereocenters. The van der Waals surface area contributed by atoms with Gasteiger partial charge >= 0.3 is 0 Å². The summed E-state index contributed by atoms with van der Waals surface area (Å²) in [5, 5.41) is 1.90. The van der Waals surface area contributed by atoms with Gasteiger partial charge in [-0.2, -0.15) is 0 Å². The molecule has 33 heavy (non-hydrogen) atoms. The van der Waals surface area contributed by atoms with Crippen molar-refractivity contribution in [2.45, 2.75) is 26.2 Å². The van der Waals surface area contributed by atoms with E-state index in [-0.39, 0.29) is 11.2 Å². The Morgan fingerprint density at radius 1 is 0.879 bits per heavy atom. The van der Waals surface area contributed by atoms with Crippen LogP contribution in [0.25, 0.3) is 44.3 Å². The zero-order chi connectivity index (χ0) is 22.9. The number of hydrogen-bond donors (Lipinski definition) is 0. The molecule has 0 aliphatic carbocycles. The third kappa shape index (κ3) is 2.83. The van der Waals surface area contributed by atoms with E-state index in [0.717, 1.165) is 50.1 Å².